The lowest BCUT2D eigenvalue weighted by molar-refractivity contribution is 0.269. The van der Waals surface area contributed by atoms with Crippen LogP contribution in [0.15, 0.2) is 42.7 Å². The van der Waals surface area contributed by atoms with E-state index in [1.54, 1.807) is 4.68 Å². The number of ether oxygens (including phenoxy) is 1. The summed E-state index contributed by atoms with van der Waals surface area (Å²) in [5, 5.41) is 16.3. The zero-order valence-electron chi connectivity index (χ0n) is 11.5. The minimum absolute atomic E-state index is 0.116. The number of aromatic nitrogens is 2. The molecule has 1 aromatic heterocycles. The van der Waals surface area contributed by atoms with Crippen LogP contribution in [0, 0.1) is 0 Å². The third kappa shape index (κ3) is 5.03. The highest BCUT2D eigenvalue weighted by Gasteiger charge is 1.98. The van der Waals surface area contributed by atoms with Crippen LogP contribution < -0.4 is 10.1 Å². The highest BCUT2D eigenvalue weighted by atomic mass is 16.5. The summed E-state index contributed by atoms with van der Waals surface area (Å²) < 4.78 is 7.36. The van der Waals surface area contributed by atoms with Crippen molar-refractivity contribution >= 4 is 0 Å². The zero-order chi connectivity index (χ0) is 14.0. The van der Waals surface area contributed by atoms with E-state index < -0.39 is 0 Å². The predicted octanol–water partition coefficient (Wildman–Crippen LogP) is 1.43. The Labute approximate surface area is 119 Å². The van der Waals surface area contributed by atoms with Crippen LogP contribution in [0.5, 0.6) is 5.75 Å². The second-order valence-corrected chi connectivity index (χ2v) is 4.53. The molecule has 0 saturated heterocycles. The van der Waals surface area contributed by atoms with Crippen molar-refractivity contribution in [3.8, 4) is 5.75 Å². The highest BCUT2D eigenvalue weighted by Crippen LogP contribution is 2.08. The van der Waals surface area contributed by atoms with Gasteiger partial charge in [-0.3, -0.25) is 4.68 Å². The van der Waals surface area contributed by atoms with E-state index in [4.69, 9.17) is 9.84 Å². The van der Waals surface area contributed by atoms with Gasteiger partial charge in [0.15, 0.2) is 0 Å². The molecule has 0 spiro atoms. The minimum Gasteiger partial charge on any atom is -0.494 e. The van der Waals surface area contributed by atoms with Gasteiger partial charge in [-0.15, -0.1) is 0 Å². The Hall–Kier alpha value is -1.85. The molecule has 2 rings (SSSR count). The number of hydrogen-bond donors (Lipinski definition) is 2. The lowest BCUT2D eigenvalue weighted by Crippen LogP contribution is -2.16. The molecule has 0 saturated carbocycles. The van der Waals surface area contributed by atoms with E-state index in [-0.39, 0.29) is 6.61 Å². The molecule has 0 aliphatic heterocycles. The molecule has 0 aliphatic carbocycles. The number of hydrogen-bond acceptors (Lipinski definition) is 4. The van der Waals surface area contributed by atoms with Crippen molar-refractivity contribution in [1.82, 2.24) is 15.1 Å². The summed E-state index contributed by atoms with van der Waals surface area (Å²) in [6.45, 7) is 3.06. The number of benzene rings is 1. The van der Waals surface area contributed by atoms with Crippen molar-refractivity contribution < 1.29 is 9.84 Å². The Bertz CT molecular complexity index is 485. The predicted molar refractivity (Wildman–Crippen MR) is 77.6 cm³/mol. The van der Waals surface area contributed by atoms with Gasteiger partial charge in [-0.25, -0.2) is 0 Å². The Morgan fingerprint density at radius 3 is 2.90 bits per heavy atom. The quantitative estimate of drug-likeness (QED) is 0.680. The van der Waals surface area contributed by atoms with Gasteiger partial charge in [0.25, 0.3) is 0 Å². The lowest BCUT2D eigenvalue weighted by Gasteiger charge is -2.06. The summed E-state index contributed by atoms with van der Waals surface area (Å²) in [6.07, 6.45) is 4.73. The fourth-order valence-corrected chi connectivity index (χ4v) is 1.86. The molecule has 0 unspecified atom stereocenters. The van der Waals surface area contributed by atoms with Crippen LogP contribution in [0.3, 0.4) is 0 Å². The Kier molecular flexibility index (Phi) is 6.07. The number of nitrogens with zero attached hydrogens (tertiary/aromatic N) is 2. The van der Waals surface area contributed by atoms with Crippen molar-refractivity contribution in [2.75, 3.05) is 19.8 Å². The molecule has 20 heavy (non-hydrogen) atoms. The fraction of sp³-hybridized carbons (Fsp3) is 0.400. The van der Waals surface area contributed by atoms with Crippen molar-refractivity contribution in [1.29, 1.82) is 0 Å². The fourth-order valence-electron chi connectivity index (χ4n) is 1.86. The number of aliphatic hydroxyl groups excluding tert-OH is 1. The molecule has 0 bridgehead atoms. The molecule has 0 atom stereocenters. The van der Waals surface area contributed by atoms with Crippen LogP contribution in [0.2, 0.25) is 0 Å². The molecule has 0 fully saturated rings. The molecule has 5 nitrogen and oxygen atoms in total. The summed E-state index contributed by atoms with van der Waals surface area (Å²) in [5.74, 6) is 0.915. The Morgan fingerprint density at radius 1 is 1.25 bits per heavy atom. The number of para-hydroxylation sites is 1. The smallest absolute Gasteiger partial charge is 0.119 e. The van der Waals surface area contributed by atoms with E-state index in [0.29, 0.717) is 13.2 Å². The Morgan fingerprint density at radius 2 is 2.10 bits per heavy atom. The topological polar surface area (TPSA) is 59.3 Å². The molecule has 1 heterocycles. The first-order valence-corrected chi connectivity index (χ1v) is 6.89. The SMILES string of the molecule is OCCn1cc(CNCCCOc2ccccc2)cn1. The van der Waals surface area contributed by atoms with Crippen LogP contribution in [-0.4, -0.2) is 34.6 Å². The summed E-state index contributed by atoms with van der Waals surface area (Å²) in [4.78, 5) is 0. The first kappa shape index (κ1) is 14.6. The average molecular weight is 275 g/mol. The van der Waals surface area contributed by atoms with E-state index in [1.807, 2.05) is 42.7 Å². The molecule has 5 heteroatoms. The third-order valence-corrected chi connectivity index (χ3v) is 2.85. The van der Waals surface area contributed by atoms with Gasteiger partial charge in [-0.2, -0.15) is 5.10 Å². The van der Waals surface area contributed by atoms with Crippen molar-refractivity contribution in [2.45, 2.75) is 19.5 Å². The van der Waals surface area contributed by atoms with Crippen LogP contribution >= 0.6 is 0 Å². The molecular formula is C15H21N3O2. The zero-order valence-corrected chi connectivity index (χ0v) is 11.5. The van der Waals surface area contributed by atoms with Gasteiger partial charge >= 0.3 is 0 Å². The molecule has 0 radical (unpaired) electrons. The van der Waals surface area contributed by atoms with Crippen molar-refractivity contribution in [3.05, 3.63) is 48.3 Å². The van der Waals surface area contributed by atoms with Gasteiger partial charge in [0.2, 0.25) is 0 Å². The first-order valence-electron chi connectivity index (χ1n) is 6.89. The number of rotatable bonds is 9. The number of nitrogens with one attached hydrogen (secondary N) is 1. The standard InChI is InChI=1S/C15H21N3O2/c19-9-8-18-13-14(12-17-18)11-16-7-4-10-20-15-5-2-1-3-6-15/h1-3,5-6,12-13,16,19H,4,7-11H2. The van der Waals surface area contributed by atoms with E-state index in [2.05, 4.69) is 10.4 Å². The molecule has 0 amide bonds. The highest BCUT2D eigenvalue weighted by molar-refractivity contribution is 5.20. The molecule has 1 aromatic carbocycles. The first-order chi connectivity index (χ1) is 9.88. The van der Waals surface area contributed by atoms with Crippen molar-refractivity contribution in [2.24, 2.45) is 0 Å². The maximum Gasteiger partial charge on any atom is 0.119 e. The average Bonchev–Trinajstić information content (AvgIpc) is 2.92. The van der Waals surface area contributed by atoms with E-state index in [1.165, 1.54) is 0 Å². The van der Waals surface area contributed by atoms with Gasteiger partial charge in [-0.05, 0) is 25.1 Å². The van der Waals surface area contributed by atoms with E-state index in [9.17, 15) is 0 Å². The van der Waals surface area contributed by atoms with Crippen LogP contribution in [-0.2, 0) is 13.1 Å². The van der Waals surface area contributed by atoms with Gasteiger partial charge in [-0.1, -0.05) is 18.2 Å². The normalized spacial score (nSPS) is 10.7. The Balaban J connectivity index is 1.55. The van der Waals surface area contributed by atoms with Gasteiger partial charge in [0, 0.05) is 18.3 Å². The number of aliphatic hydroxyl groups is 1. The molecular weight excluding hydrogens is 254 g/mol. The molecule has 2 aromatic rings. The largest absolute Gasteiger partial charge is 0.494 e. The van der Waals surface area contributed by atoms with Crippen LogP contribution in [0.1, 0.15) is 12.0 Å². The van der Waals surface area contributed by atoms with Crippen LogP contribution in [0.4, 0.5) is 0 Å². The van der Waals surface area contributed by atoms with E-state index >= 15 is 0 Å². The monoisotopic (exact) mass is 275 g/mol. The molecule has 0 aliphatic rings. The van der Waals surface area contributed by atoms with Crippen LogP contribution in [0.25, 0.3) is 0 Å². The van der Waals surface area contributed by atoms with Gasteiger partial charge in [0.05, 0.1) is 26.0 Å². The molecule has 108 valence electrons. The summed E-state index contributed by atoms with van der Waals surface area (Å²) in [5.41, 5.74) is 1.13. The maximum atomic E-state index is 8.81. The van der Waals surface area contributed by atoms with Gasteiger partial charge in [0.1, 0.15) is 5.75 Å². The summed E-state index contributed by atoms with van der Waals surface area (Å²) >= 11 is 0. The molecule has 2 N–H and O–H groups in total. The second-order valence-electron chi connectivity index (χ2n) is 4.53. The summed E-state index contributed by atoms with van der Waals surface area (Å²) in [7, 11) is 0. The van der Waals surface area contributed by atoms with E-state index in [0.717, 1.165) is 30.8 Å². The van der Waals surface area contributed by atoms with Gasteiger partial charge < -0.3 is 15.2 Å². The minimum atomic E-state index is 0.116. The third-order valence-electron chi connectivity index (χ3n) is 2.85. The second kappa shape index (κ2) is 8.35. The summed E-state index contributed by atoms with van der Waals surface area (Å²) in [6, 6.07) is 9.84. The van der Waals surface area contributed by atoms with Crippen molar-refractivity contribution in [3.63, 3.8) is 0 Å². The lowest BCUT2D eigenvalue weighted by atomic mass is 10.3. The maximum absolute atomic E-state index is 8.81.